The molecule has 0 aromatic carbocycles. The Bertz CT molecular complexity index is 196. The fraction of sp³-hybridized carbons (Fsp3) is 0.909. The van der Waals surface area contributed by atoms with Crippen LogP contribution in [0.3, 0.4) is 0 Å². The summed E-state index contributed by atoms with van der Waals surface area (Å²) in [6.07, 6.45) is 4.97. The van der Waals surface area contributed by atoms with Gasteiger partial charge in [0.1, 0.15) is 6.04 Å². The Hall–Kier alpha value is -0.610. The highest BCUT2D eigenvalue weighted by Crippen LogP contribution is 2.06. The standard InChI is InChI=1S/C11H23N3O/c1-2-3-4-5-7-14-8-6-13-9-10(14)11(12)15/h10,13H,2-9H2,1H3,(H2,12,15). The highest BCUT2D eigenvalue weighted by atomic mass is 16.1. The highest BCUT2D eigenvalue weighted by molar-refractivity contribution is 5.80. The molecule has 0 spiro atoms. The third kappa shape index (κ3) is 4.18. The van der Waals surface area contributed by atoms with Crippen molar-refractivity contribution >= 4 is 5.91 Å². The Morgan fingerprint density at radius 2 is 2.27 bits per heavy atom. The molecule has 1 unspecified atom stereocenters. The van der Waals surface area contributed by atoms with Gasteiger partial charge in [-0.3, -0.25) is 9.69 Å². The number of carbonyl (C=O) groups excluding carboxylic acids is 1. The van der Waals surface area contributed by atoms with E-state index in [-0.39, 0.29) is 11.9 Å². The largest absolute Gasteiger partial charge is 0.368 e. The molecule has 88 valence electrons. The first-order valence-electron chi connectivity index (χ1n) is 5.99. The van der Waals surface area contributed by atoms with Crippen molar-refractivity contribution < 1.29 is 4.79 Å². The van der Waals surface area contributed by atoms with Crippen LogP contribution in [0.15, 0.2) is 0 Å². The van der Waals surface area contributed by atoms with Crippen LogP contribution in [-0.4, -0.2) is 43.0 Å². The monoisotopic (exact) mass is 213 g/mol. The van der Waals surface area contributed by atoms with Crippen LogP contribution >= 0.6 is 0 Å². The smallest absolute Gasteiger partial charge is 0.236 e. The van der Waals surface area contributed by atoms with Gasteiger partial charge in [0.2, 0.25) is 5.91 Å². The summed E-state index contributed by atoms with van der Waals surface area (Å²) < 4.78 is 0. The number of nitrogens with two attached hydrogens (primary N) is 1. The van der Waals surface area contributed by atoms with E-state index in [0.717, 1.165) is 19.6 Å². The molecule has 1 aliphatic heterocycles. The predicted octanol–water partition coefficient (Wildman–Crippen LogP) is 0.326. The number of piperazine rings is 1. The first-order chi connectivity index (χ1) is 7.25. The fourth-order valence-corrected chi connectivity index (χ4v) is 2.04. The maximum atomic E-state index is 11.2. The number of nitrogens with one attached hydrogen (secondary N) is 1. The summed E-state index contributed by atoms with van der Waals surface area (Å²) in [7, 11) is 0. The number of hydrogen-bond donors (Lipinski definition) is 2. The molecule has 15 heavy (non-hydrogen) atoms. The number of rotatable bonds is 6. The average molecular weight is 213 g/mol. The van der Waals surface area contributed by atoms with E-state index in [0.29, 0.717) is 6.54 Å². The molecule has 0 bridgehead atoms. The second-order valence-corrected chi connectivity index (χ2v) is 4.22. The SMILES string of the molecule is CCCCCCN1CCNCC1C(N)=O. The molecule has 0 saturated carbocycles. The second-order valence-electron chi connectivity index (χ2n) is 4.22. The van der Waals surface area contributed by atoms with Gasteiger partial charge >= 0.3 is 0 Å². The Morgan fingerprint density at radius 3 is 2.93 bits per heavy atom. The lowest BCUT2D eigenvalue weighted by molar-refractivity contribution is -0.123. The maximum Gasteiger partial charge on any atom is 0.236 e. The van der Waals surface area contributed by atoms with Gasteiger partial charge in [-0.2, -0.15) is 0 Å². The van der Waals surface area contributed by atoms with E-state index >= 15 is 0 Å². The van der Waals surface area contributed by atoms with Gasteiger partial charge in [0, 0.05) is 19.6 Å². The zero-order chi connectivity index (χ0) is 11.1. The minimum absolute atomic E-state index is 0.0969. The van der Waals surface area contributed by atoms with Crippen LogP contribution in [0.5, 0.6) is 0 Å². The Morgan fingerprint density at radius 1 is 1.47 bits per heavy atom. The normalized spacial score (nSPS) is 22.9. The van der Waals surface area contributed by atoms with Crippen LogP contribution < -0.4 is 11.1 Å². The average Bonchev–Trinajstić information content (AvgIpc) is 2.25. The lowest BCUT2D eigenvalue weighted by atomic mass is 10.1. The van der Waals surface area contributed by atoms with Crippen molar-refractivity contribution in [1.82, 2.24) is 10.2 Å². The molecule has 1 fully saturated rings. The molecule has 0 aromatic rings. The molecular weight excluding hydrogens is 190 g/mol. The molecule has 1 heterocycles. The molecule has 3 N–H and O–H groups in total. The maximum absolute atomic E-state index is 11.2. The van der Waals surface area contributed by atoms with Crippen LogP contribution in [0.25, 0.3) is 0 Å². The van der Waals surface area contributed by atoms with E-state index in [9.17, 15) is 4.79 Å². The Labute approximate surface area is 92.2 Å². The van der Waals surface area contributed by atoms with Crippen LogP contribution in [0.2, 0.25) is 0 Å². The lowest BCUT2D eigenvalue weighted by Gasteiger charge is -2.34. The van der Waals surface area contributed by atoms with Gasteiger partial charge < -0.3 is 11.1 Å². The summed E-state index contributed by atoms with van der Waals surface area (Å²) >= 11 is 0. The topological polar surface area (TPSA) is 58.4 Å². The van der Waals surface area contributed by atoms with Crippen molar-refractivity contribution in [3.8, 4) is 0 Å². The number of carbonyl (C=O) groups is 1. The van der Waals surface area contributed by atoms with E-state index in [4.69, 9.17) is 5.73 Å². The molecule has 0 aliphatic carbocycles. The molecular formula is C11H23N3O. The summed E-state index contributed by atoms with van der Waals surface area (Å²) in [5.74, 6) is -0.197. The molecule has 1 saturated heterocycles. The van der Waals surface area contributed by atoms with Crippen LogP contribution in [0.1, 0.15) is 32.6 Å². The zero-order valence-corrected chi connectivity index (χ0v) is 9.67. The minimum atomic E-state index is -0.197. The third-order valence-electron chi connectivity index (χ3n) is 2.98. The van der Waals surface area contributed by atoms with Crippen molar-refractivity contribution in [2.75, 3.05) is 26.2 Å². The summed E-state index contributed by atoms with van der Waals surface area (Å²) in [6.45, 7) is 5.84. The molecule has 0 aromatic heterocycles. The van der Waals surface area contributed by atoms with Gasteiger partial charge in [-0.25, -0.2) is 0 Å². The Kier molecular flexibility index (Phi) is 5.65. The van der Waals surface area contributed by atoms with Gasteiger partial charge in [0.05, 0.1) is 0 Å². The molecule has 1 aliphatic rings. The number of primary amides is 1. The fourth-order valence-electron chi connectivity index (χ4n) is 2.04. The molecule has 1 rings (SSSR count). The van der Waals surface area contributed by atoms with E-state index < -0.39 is 0 Å². The van der Waals surface area contributed by atoms with Gasteiger partial charge in [0.25, 0.3) is 0 Å². The van der Waals surface area contributed by atoms with Crippen molar-refractivity contribution in [2.24, 2.45) is 5.73 Å². The number of unbranched alkanes of at least 4 members (excludes halogenated alkanes) is 3. The number of amides is 1. The van der Waals surface area contributed by atoms with Crippen LogP contribution in [-0.2, 0) is 4.79 Å². The molecule has 1 amide bonds. The van der Waals surface area contributed by atoms with Crippen LogP contribution in [0.4, 0.5) is 0 Å². The van der Waals surface area contributed by atoms with E-state index in [2.05, 4.69) is 17.1 Å². The van der Waals surface area contributed by atoms with E-state index in [1.54, 1.807) is 0 Å². The van der Waals surface area contributed by atoms with Gasteiger partial charge in [-0.05, 0) is 13.0 Å². The third-order valence-corrected chi connectivity index (χ3v) is 2.98. The Balaban J connectivity index is 2.26. The summed E-state index contributed by atoms with van der Waals surface area (Å²) in [4.78, 5) is 13.4. The molecule has 4 nitrogen and oxygen atoms in total. The van der Waals surface area contributed by atoms with Crippen molar-refractivity contribution in [1.29, 1.82) is 0 Å². The highest BCUT2D eigenvalue weighted by Gasteiger charge is 2.25. The predicted molar refractivity (Wildman–Crippen MR) is 61.6 cm³/mol. The number of hydrogen-bond acceptors (Lipinski definition) is 3. The van der Waals surface area contributed by atoms with Gasteiger partial charge in [-0.15, -0.1) is 0 Å². The van der Waals surface area contributed by atoms with Gasteiger partial charge in [-0.1, -0.05) is 26.2 Å². The molecule has 0 radical (unpaired) electrons. The zero-order valence-electron chi connectivity index (χ0n) is 9.67. The summed E-state index contributed by atoms with van der Waals surface area (Å²) in [6, 6.07) is -0.0969. The van der Waals surface area contributed by atoms with Crippen LogP contribution in [0, 0.1) is 0 Å². The summed E-state index contributed by atoms with van der Waals surface area (Å²) in [5.41, 5.74) is 5.37. The first-order valence-corrected chi connectivity index (χ1v) is 5.99. The van der Waals surface area contributed by atoms with Crippen molar-refractivity contribution in [3.05, 3.63) is 0 Å². The van der Waals surface area contributed by atoms with E-state index in [1.807, 2.05) is 0 Å². The lowest BCUT2D eigenvalue weighted by Crippen LogP contribution is -2.56. The van der Waals surface area contributed by atoms with Crippen molar-refractivity contribution in [2.45, 2.75) is 38.6 Å². The minimum Gasteiger partial charge on any atom is -0.368 e. The molecule has 4 heteroatoms. The second kappa shape index (κ2) is 6.80. The summed E-state index contributed by atoms with van der Waals surface area (Å²) in [5, 5.41) is 3.21. The molecule has 1 atom stereocenters. The van der Waals surface area contributed by atoms with Crippen molar-refractivity contribution in [3.63, 3.8) is 0 Å². The van der Waals surface area contributed by atoms with E-state index in [1.165, 1.54) is 25.7 Å². The first kappa shape index (κ1) is 12.5. The van der Waals surface area contributed by atoms with Gasteiger partial charge in [0.15, 0.2) is 0 Å². The number of nitrogens with zero attached hydrogens (tertiary/aromatic N) is 1. The quantitative estimate of drug-likeness (QED) is 0.625.